The number of imidazole rings is 1. The molecule has 0 aliphatic heterocycles. The third-order valence-corrected chi connectivity index (χ3v) is 3.71. The van der Waals surface area contributed by atoms with Gasteiger partial charge in [-0.25, -0.2) is 9.37 Å². The quantitative estimate of drug-likeness (QED) is 0.643. The first-order valence-electron chi connectivity index (χ1n) is 6.73. The summed E-state index contributed by atoms with van der Waals surface area (Å²) in [6, 6.07) is 6.60. The summed E-state index contributed by atoms with van der Waals surface area (Å²) in [4.78, 5) is 16.3. The Balaban J connectivity index is 1.93. The topological polar surface area (TPSA) is 55.6 Å². The first kappa shape index (κ1) is 17.2. The van der Waals surface area contributed by atoms with Crippen molar-refractivity contribution in [2.24, 2.45) is 0 Å². The third-order valence-electron chi connectivity index (χ3n) is 3.13. The van der Waals surface area contributed by atoms with Crippen LogP contribution >= 0.6 is 15.9 Å². The minimum atomic E-state index is -4.94. The summed E-state index contributed by atoms with van der Waals surface area (Å²) in [6.07, 6.45) is -2.10. The molecular weight excluding hydrogens is 410 g/mol. The molecule has 1 aromatic carbocycles. The second-order valence-corrected chi connectivity index (χ2v) is 5.70. The molecule has 0 spiro atoms. The zero-order valence-corrected chi connectivity index (χ0v) is 13.7. The molecule has 2 heterocycles. The summed E-state index contributed by atoms with van der Waals surface area (Å²) in [5.74, 6) is -2.35. The van der Waals surface area contributed by atoms with Gasteiger partial charge >= 0.3 is 6.36 Å². The van der Waals surface area contributed by atoms with E-state index in [4.69, 9.17) is 0 Å². The van der Waals surface area contributed by atoms with Crippen LogP contribution in [0.3, 0.4) is 0 Å². The standard InChI is InChI=1S/C15H8BrF4N3O2/c16-9-5-8(25-15(18,19)20)6-10(13(9)17)22-14(24)11-7-21-12-3-1-2-4-23(11)12/h1-7H,(H,22,24). The predicted octanol–water partition coefficient (Wildman–Crippen LogP) is 4.39. The van der Waals surface area contributed by atoms with Gasteiger partial charge in [-0.1, -0.05) is 6.07 Å². The van der Waals surface area contributed by atoms with Crippen molar-refractivity contribution >= 4 is 33.2 Å². The van der Waals surface area contributed by atoms with Crippen molar-refractivity contribution in [1.82, 2.24) is 9.38 Å². The highest BCUT2D eigenvalue weighted by Crippen LogP contribution is 2.32. The maximum atomic E-state index is 14.1. The van der Waals surface area contributed by atoms with Gasteiger partial charge in [0.1, 0.15) is 17.1 Å². The van der Waals surface area contributed by atoms with E-state index >= 15 is 0 Å². The number of pyridine rings is 1. The van der Waals surface area contributed by atoms with Crippen molar-refractivity contribution in [3.05, 3.63) is 58.7 Å². The van der Waals surface area contributed by atoms with E-state index in [0.29, 0.717) is 5.65 Å². The maximum Gasteiger partial charge on any atom is 0.573 e. The molecule has 0 aliphatic carbocycles. The number of nitrogens with one attached hydrogen (secondary N) is 1. The van der Waals surface area contributed by atoms with Crippen molar-refractivity contribution in [2.75, 3.05) is 5.32 Å². The summed E-state index contributed by atoms with van der Waals surface area (Å²) in [7, 11) is 0. The number of carbonyl (C=O) groups excluding carboxylic acids is 1. The molecule has 0 fully saturated rings. The first-order valence-corrected chi connectivity index (χ1v) is 7.52. The van der Waals surface area contributed by atoms with Gasteiger partial charge in [0.2, 0.25) is 0 Å². The highest BCUT2D eigenvalue weighted by molar-refractivity contribution is 9.10. The van der Waals surface area contributed by atoms with Gasteiger partial charge in [-0.3, -0.25) is 9.20 Å². The Morgan fingerprint density at radius 2 is 2.04 bits per heavy atom. The molecule has 0 atom stereocenters. The average molecular weight is 418 g/mol. The summed E-state index contributed by atoms with van der Waals surface area (Å²) >= 11 is 2.79. The van der Waals surface area contributed by atoms with Crippen LogP contribution in [0.4, 0.5) is 23.2 Å². The summed E-state index contributed by atoms with van der Waals surface area (Å²) in [5, 5.41) is 2.22. The van der Waals surface area contributed by atoms with E-state index in [0.717, 1.165) is 12.1 Å². The minimum absolute atomic E-state index is 0.0910. The molecule has 0 aliphatic rings. The van der Waals surface area contributed by atoms with Crippen molar-refractivity contribution in [2.45, 2.75) is 6.36 Å². The third kappa shape index (κ3) is 3.73. The lowest BCUT2D eigenvalue weighted by molar-refractivity contribution is -0.274. The van der Waals surface area contributed by atoms with Gasteiger partial charge in [0.25, 0.3) is 5.91 Å². The lowest BCUT2D eigenvalue weighted by Crippen LogP contribution is -2.18. The van der Waals surface area contributed by atoms with Crippen LogP contribution in [-0.2, 0) is 0 Å². The van der Waals surface area contributed by atoms with Gasteiger partial charge in [-0.05, 0) is 34.1 Å². The SMILES string of the molecule is O=C(Nc1cc(OC(F)(F)F)cc(Br)c1F)c1cnc2ccccn12. The first-order chi connectivity index (χ1) is 11.7. The number of fused-ring (bicyclic) bond motifs is 1. The average Bonchev–Trinajstić information content (AvgIpc) is 2.94. The van der Waals surface area contributed by atoms with E-state index in [9.17, 15) is 22.4 Å². The monoisotopic (exact) mass is 417 g/mol. The zero-order valence-electron chi connectivity index (χ0n) is 12.1. The Morgan fingerprint density at radius 3 is 2.76 bits per heavy atom. The molecule has 1 amide bonds. The van der Waals surface area contributed by atoms with E-state index in [1.807, 2.05) is 0 Å². The highest BCUT2D eigenvalue weighted by Gasteiger charge is 2.32. The number of hydrogen-bond donors (Lipinski definition) is 1. The molecule has 1 N–H and O–H groups in total. The molecule has 5 nitrogen and oxygen atoms in total. The number of amides is 1. The molecule has 0 radical (unpaired) electrons. The van der Waals surface area contributed by atoms with E-state index in [1.54, 1.807) is 24.4 Å². The van der Waals surface area contributed by atoms with Gasteiger partial charge in [0.05, 0.1) is 16.4 Å². The lowest BCUT2D eigenvalue weighted by atomic mass is 10.2. The van der Waals surface area contributed by atoms with Gasteiger partial charge in [-0.15, -0.1) is 13.2 Å². The number of rotatable bonds is 3. The van der Waals surface area contributed by atoms with Crippen LogP contribution in [0.5, 0.6) is 5.75 Å². The van der Waals surface area contributed by atoms with E-state index in [1.165, 1.54) is 10.6 Å². The molecule has 0 saturated heterocycles. The van der Waals surface area contributed by atoms with E-state index in [2.05, 4.69) is 31.0 Å². The molecule has 10 heteroatoms. The van der Waals surface area contributed by atoms with Gasteiger partial charge < -0.3 is 10.1 Å². The Bertz CT molecular complexity index is 956. The zero-order chi connectivity index (χ0) is 18.2. The van der Waals surface area contributed by atoms with Crippen molar-refractivity contribution < 1.29 is 27.1 Å². The molecule has 0 unspecified atom stereocenters. The number of benzene rings is 1. The summed E-state index contributed by atoms with van der Waals surface area (Å²) < 4.78 is 56.0. The molecule has 0 saturated carbocycles. The van der Waals surface area contributed by atoms with Crippen LogP contribution < -0.4 is 10.1 Å². The summed E-state index contributed by atoms with van der Waals surface area (Å²) in [6.45, 7) is 0. The molecule has 25 heavy (non-hydrogen) atoms. The minimum Gasteiger partial charge on any atom is -0.406 e. The van der Waals surface area contributed by atoms with Crippen LogP contribution in [0.2, 0.25) is 0 Å². The maximum absolute atomic E-state index is 14.1. The summed E-state index contributed by atoms with van der Waals surface area (Å²) in [5.41, 5.74) is 0.112. The molecule has 130 valence electrons. The number of halogens is 5. The number of hydrogen-bond acceptors (Lipinski definition) is 3. The number of anilines is 1. The fraction of sp³-hybridized carbons (Fsp3) is 0.0667. The number of carbonyl (C=O) groups is 1. The van der Waals surface area contributed by atoms with Crippen molar-refractivity contribution in [3.63, 3.8) is 0 Å². The van der Waals surface area contributed by atoms with Crippen LogP contribution in [0, 0.1) is 5.82 Å². The normalized spacial score (nSPS) is 11.6. The fourth-order valence-electron chi connectivity index (χ4n) is 2.13. The Labute approximate surface area is 146 Å². The van der Waals surface area contributed by atoms with Crippen LogP contribution in [0.25, 0.3) is 5.65 Å². The van der Waals surface area contributed by atoms with Crippen LogP contribution in [0.1, 0.15) is 10.5 Å². The molecule has 0 bridgehead atoms. The lowest BCUT2D eigenvalue weighted by Gasteiger charge is -2.12. The predicted molar refractivity (Wildman–Crippen MR) is 83.9 cm³/mol. The number of ether oxygens (including phenoxy) is 1. The second-order valence-electron chi connectivity index (χ2n) is 4.84. The molecular formula is C15H8BrF4N3O2. The van der Waals surface area contributed by atoms with Gasteiger partial charge in [0, 0.05) is 12.3 Å². The Kier molecular flexibility index (Phi) is 4.38. The Hall–Kier alpha value is -2.62. The smallest absolute Gasteiger partial charge is 0.406 e. The van der Waals surface area contributed by atoms with Crippen molar-refractivity contribution in [3.8, 4) is 5.75 Å². The van der Waals surface area contributed by atoms with Crippen molar-refractivity contribution in [1.29, 1.82) is 0 Å². The van der Waals surface area contributed by atoms with Crippen LogP contribution in [-0.4, -0.2) is 21.7 Å². The molecule has 3 aromatic rings. The van der Waals surface area contributed by atoms with Gasteiger partial charge in [0.15, 0.2) is 5.82 Å². The Morgan fingerprint density at radius 1 is 1.28 bits per heavy atom. The fourth-order valence-corrected chi connectivity index (χ4v) is 2.57. The largest absolute Gasteiger partial charge is 0.573 e. The number of alkyl halides is 3. The van der Waals surface area contributed by atoms with Crippen LogP contribution in [0.15, 0.2) is 47.2 Å². The second kappa shape index (κ2) is 6.36. The highest BCUT2D eigenvalue weighted by atomic mass is 79.9. The molecule has 3 rings (SSSR count). The number of aromatic nitrogens is 2. The van der Waals surface area contributed by atoms with E-state index in [-0.39, 0.29) is 10.2 Å². The van der Waals surface area contributed by atoms with E-state index < -0.39 is 29.5 Å². The number of nitrogens with zero attached hydrogens (tertiary/aromatic N) is 2. The van der Waals surface area contributed by atoms with Gasteiger partial charge in [-0.2, -0.15) is 0 Å². The molecule has 2 aromatic heterocycles.